The van der Waals surface area contributed by atoms with Gasteiger partial charge in [0.2, 0.25) is 0 Å². The number of nitrogens with one attached hydrogen (secondary N) is 1. The molecule has 4 rings (SSSR count). The monoisotopic (exact) mass is 526 g/mol. The second kappa shape index (κ2) is 13.2. The number of urea groups is 1. The molecule has 2 atom stereocenters. The molecule has 0 aliphatic heterocycles. The molecule has 8 heteroatoms. The fourth-order valence-corrected chi connectivity index (χ4v) is 4.26. The fraction of sp³-hybridized carbons (Fsp3) is 0.194. The summed E-state index contributed by atoms with van der Waals surface area (Å²) in [5.74, 6) is -2.07. The third-order valence-corrected chi connectivity index (χ3v) is 6.29. The third kappa shape index (κ3) is 7.66. The second-order valence-electron chi connectivity index (χ2n) is 9.16. The molecule has 0 heterocycles. The Morgan fingerprint density at radius 3 is 2.10 bits per heavy atom. The van der Waals surface area contributed by atoms with Crippen LogP contribution in [0.2, 0.25) is 0 Å². The largest absolute Gasteiger partial charge is 0.480 e. The molecule has 3 N–H and O–H groups in total. The van der Waals surface area contributed by atoms with Crippen LogP contribution in [-0.4, -0.2) is 51.8 Å². The van der Waals surface area contributed by atoms with Crippen LogP contribution in [-0.2, 0) is 33.9 Å². The Balaban J connectivity index is 1.47. The van der Waals surface area contributed by atoms with Crippen molar-refractivity contribution in [3.05, 3.63) is 120 Å². The molecule has 8 nitrogen and oxygen atoms in total. The zero-order valence-corrected chi connectivity index (χ0v) is 21.3. The van der Waals surface area contributed by atoms with Crippen molar-refractivity contribution in [2.24, 2.45) is 0 Å². The first-order valence-corrected chi connectivity index (χ1v) is 12.6. The molecule has 0 aliphatic carbocycles. The average Bonchev–Trinajstić information content (AvgIpc) is 2.96. The molecule has 0 radical (unpaired) electrons. The summed E-state index contributed by atoms with van der Waals surface area (Å²) in [6.45, 7) is -0.348. The number of nitrogens with zero attached hydrogens (tertiary/aromatic N) is 1. The maximum atomic E-state index is 13.3. The van der Waals surface area contributed by atoms with E-state index in [-0.39, 0.29) is 26.1 Å². The number of fused-ring (bicyclic) bond motifs is 1. The van der Waals surface area contributed by atoms with Crippen LogP contribution in [0.1, 0.15) is 16.7 Å². The van der Waals surface area contributed by atoms with Gasteiger partial charge in [0.05, 0.1) is 6.54 Å². The zero-order chi connectivity index (χ0) is 27.6. The summed E-state index contributed by atoms with van der Waals surface area (Å²) in [5.41, 5.74) is 2.29. The van der Waals surface area contributed by atoms with Crippen LogP contribution in [0.5, 0.6) is 0 Å². The van der Waals surface area contributed by atoms with E-state index in [1.54, 1.807) is 36.4 Å². The van der Waals surface area contributed by atoms with E-state index in [4.69, 9.17) is 4.74 Å². The number of amides is 2. The number of carbonyl (C=O) groups excluding carboxylic acids is 2. The Morgan fingerprint density at radius 1 is 0.795 bits per heavy atom. The van der Waals surface area contributed by atoms with Crippen LogP contribution in [0.25, 0.3) is 10.8 Å². The molecule has 0 aromatic heterocycles. The fourth-order valence-electron chi connectivity index (χ4n) is 4.26. The van der Waals surface area contributed by atoms with Gasteiger partial charge >= 0.3 is 18.0 Å². The van der Waals surface area contributed by atoms with Crippen LogP contribution in [0.3, 0.4) is 0 Å². The van der Waals surface area contributed by atoms with E-state index < -0.39 is 30.1 Å². The van der Waals surface area contributed by atoms with E-state index >= 15 is 0 Å². The van der Waals surface area contributed by atoms with Crippen molar-refractivity contribution in [3.63, 3.8) is 0 Å². The first-order valence-electron chi connectivity index (χ1n) is 12.6. The SMILES string of the molecule is O=C(OCc1ccccc1)C(O)CN(Cc1ccccc1)C(=O)N[C@@H](Cc1cccc2ccccc12)C(=O)O. The zero-order valence-electron chi connectivity index (χ0n) is 21.3. The van der Waals surface area contributed by atoms with Crippen LogP contribution in [0.4, 0.5) is 4.79 Å². The number of carboxylic acid groups (broad SMARTS) is 1. The molecule has 0 saturated carbocycles. The predicted octanol–water partition coefficient (Wildman–Crippen LogP) is 4.15. The van der Waals surface area contributed by atoms with Gasteiger partial charge in [-0.3, -0.25) is 0 Å². The highest BCUT2D eigenvalue weighted by Crippen LogP contribution is 2.20. The Kier molecular flexibility index (Phi) is 9.26. The molecule has 4 aromatic rings. The smallest absolute Gasteiger partial charge is 0.337 e. The molecule has 0 bridgehead atoms. The molecule has 0 fully saturated rings. The maximum Gasteiger partial charge on any atom is 0.337 e. The number of carbonyl (C=O) groups is 3. The molecule has 4 aromatic carbocycles. The number of esters is 1. The Hall–Kier alpha value is -4.69. The van der Waals surface area contributed by atoms with Crippen molar-refractivity contribution in [2.75, 3.05) is 6.54 Å². The van der Waals surface area contributed by atoms with Gasteiger partial charge in [-0.15, -0.1) is 0 Å². The number of aliphatic hydroxyl groups excluding tert-OH is 1. The highest BCUT2D eigenvalue weighted by atomic mass is 16.5. The van der Waals surface area contributed by atoms with E-state index in [0.29, 0.717) is 0 Å². The number of carboxylic acids is 1. The number of aliphatic hydroxyl groups is 1. The topological polar surface area (TPSA) is 116 Å². The quantitative estimate of drug-likeness (QED) is 0.253. The van der Waals surface area contributed by atoms with Crippen molar-refractivity contribution >= 4 is 28.7 Å². The maximum absolute atomic E-state index is 13.3. The van der Waals surface area contributed by atoms with E-state index in [0.717, 1.165) is 27.5 Å². The number of ether oxygens (including phenoxy) is 1. The van der Waals surface area contributed by atoms with Crippen molar-refractivity contribution in [3.8, 4) is 0 Å². The predicted molar refractivity (Wildman–Crippen MR) is 147 cm³/mol. The lowest BCUT2D eigenvalue weighted by molar-refractivity contribution is -0.155. The first-order chi connectivity index (χ1) is 18.9. The number of rotatable bonds is 11. The standard InChI is InChI=1S/C31H30N2O6/c34-28(30(37)39-21-23-12-5-2-6-13-23)20-33(19-22-10-3-1-4-11-22)31(38)32-27(29(35)36)18-25-16-9-15-24-14-7-8-17-26(24)25/h1-17,27-28,34H,18-21H2,(H,32,38)(H,35,36)/t27-,28?/m0/s1. The minimum absolute atomic E-state index is 0.0201. The molecule has 200 valence electrons. The van der Waals surface area contributed by atoms with E-state index in [1.165, 1.54) is 4.90 Å². The Labute approximate surface area is 226 Å². The van der Waals surface area contributed by atoms with Crippen molar-refractivity contribution in [2.45, 2.75) is 31.7 Å². The number of aliphatic carboxylic acids is 1. The van der Waals surface area contributed by atoms with Crippen LogP contribution in [0.15, 0.2) is 103 Å². The lowest BCUT2D eigenvalue weighted by Crippen LogP contribution is -2.51. The van der Waals surface area contributed by atoms with Gasteiger partial charge in [0, 0.05) is 13.0 Å². The van der Waals surface area contributed by atoms with Crippen LogP contribution < -0.4 is 5.32 Å². The van der Waals surface area contributed by atoms with Gasteiger partial charge in [-0.25, -0.2) is 14.4 Å². The highest BCUT2D eigenvalue weighted by Gasteiger charge is 2.28. The summed E-state index contributed by atoms with van der Waals surface area (Å²) >= 11 is 0. The minimum atomic E-state index is -1.62. The van der Waals surface area contributed by atoms with Crippen LogP contribution in [0, 0.1) is 0 Å². The second-order valence-corrected chi connectivity index (χ2v) is 9.16. The normalized spacial score (nSPS) is 12.3. The lowest BCUT2D eigenvalue weighted by Gasteiger charge is -2.27. The summed E-state index contributed by atoms with van der Waals surface area (Å²) in [4.78, 5) is 39.2. The molecular weight excluding hydrogens is 496 g/mol. The van der Waals surface area contributed by atoms with Gasteiger partial charge in [0.25, 0.3) is 0 Å². The van der Waals surface area contributed by atoms with Crippen LogP contribution >= 0.6 is 0 Å². The molecule has 0 spiro atoms. The van der Waals surface area contributed by atoms with E-state index in [1.807, 2.05) is 66.7 Å². The first kappa shape index (κ1) is 27.3. The Bertz CT molecular complexity index is 1410. The number of hydrogen-bond acceptors (Lipinski definition) is 5. The van der Waals surface area contributed by atoms with Crippen molar-refractivity contribution in [1.82, 2.24) is 10.2 Å². The number of benzene rings is 4. The van der Waals surface area contributed by atoms with Gasteiger partial charge in [0.1, 0.15) is 12.6 Å². The van der Waals surface area contributed by atoms with Crippen molar-refractivity contribution in [1.29, 1.82) is 0 Å². The Morgan fingerprint density at radius 2 is 1.41 bits per heavy atom. The van der Waals surface area contributed by atoms with Gasteiger partial charge in [-0.1, -0.05) is 103 Å². The highest BCUT2D eigenvalue weighted by molar-refractivity contribution is 5.88. The average molecular weight is 527 g/mol. The molecule has 0 saturated heterocycles. The summed E-state index contributed by atoms with van der Waals surface area (Å²) in [5, 5.41) is 24.9. The third-order valence-electron chi connectivity index (χ3n) is 6.29. The van der Waals surface area contributed by atoms with Gasteiger partial charge in [-0.2, -0.15) is 0 Å². The van der Waals surface area contributed by atoms with Gasteiger partial charge < -0.3 is 25.2 Å². The molecule has 2 amide bonds. The summed E-state index contributed by atoms with van der Waals surface area (Å²) in [6.07, 6.45) is -1.56. The van der Waals surface area contributed by atoms with Crippen molar-refractivity contribution < 1.29 is 29.3 Å². The summed E-state index contributed by atoms with van der Waals surface area (Å²) < 4.78 is 5.22. The number of hydrogen-bond donors (Lipinski definition) is 3. The summed E-state index contributed by atoms with van der Waals surface area (Å²) in [7, 11) is 0. The van der Waals surface area contributed by atoms with Gasteiger partial charge in [0.15, 0.2) is 6.10 Å². The van der Waals surface area contributed by atoms with E-state index in [9.17, 15) is 24.6 Å². The minimum Gasteiger partial charge on any atom is -0.480 e. The molecule has 1 unspecified atom stereocenters. The molecule has 0 aliphatic rings. The molecular formula is C31H30N2O6. The van der Waals surface area contributed by atoms with E-state index in [2.05, 4.69) is 5.32 Å². The lowest BCUT2D eigenvalue weighted by atomic mass is 9.99. The van der Waals surface area contributed by atoms with Gasteiger partial charge in [-0.05, 0) is 27.5 Å². The molecule has 39 heavy (non-hydrogen) atoms. The summed E-state index contributed by atoms with van der Waals surface area (Å²) in [6, 6.07) is 29.3.